The molecule has 0 aliphatic carbocycles. The largest absolute Gasteiger partial charge is 0.395 e. The van der Waals surface area contributed by atoms with Crippen LogP contribution in [0.5, 0.6) is 0 Å². The van der Waals surface area contributed by atoms with Crippen molar-refractivity contribution in [1.29, 1.82) is 0 Å². The summed E-state index contributed by atoms with van der Waals surface area (Å²) in [6, 6.07) is 0.349. The quantitative estimate of drug-likeness (QED) is 0.509. The van der Waals surface area contributed by atoms with E-state index in [1.54, 1.807) is 4.90 Å². The normalized spacial score (nSPS) is 23.8. The number of rotatable bonds is 1. The second kappa shape index (κ2) is 3.58. The standard InChI is InChI=1S/C8H15N3O/c1-6-5-11(4-3-10-6)8(12)7(2)9/h6,10H,2-5,9H2,1H3. The molecule has 1 unspecified atom stereocenters. The zero-order valence-electron chi connectivity index (χ0n) is 7.34. The summed E-state index contributed by atoms with van der Waals surface area (Å²) in [5.74, 6) is -0.136. The monoisotopic (exact) mass is 169 g/mol. The highest BCUT2D eigenvalue weighted by atomic mass is 16.2. The van der Waals surface area contributed by atoms with Crippen LogP contribution >= 0.6 is 0 Å². The van der Waals surface area contributed by atoms with Crippen molar-refractivity contribution in [2.45, 2.75) is 13.0 Å². The van der Waals surface area contributed by atoms with Gasteiger partial charge in [0.2, 0.25) is 0 Å². The van der Waals surface area contributed by atoms with Gasteiger partial charge in [0.15, 0.2) is 0 Å². The highest BCUT2D eigenvalue weighted by Gasteiger charge is 2.20. The number of piperazine rings is 1. The van der Waals surface area contributed by atoms with Crippen molar-refractivity contribution in [2.24, 2.45) is 5.73 Å². The van der Waals surface area contributed by atoms with Gasteiger partial charge in [0.1, 0.15) is 0 Å². The summed E-state index contributed by atoms with van der Waals surface area (Å²) in [6.07, 6.45) is 0. The SMILES string of the molecule is C=C(N)C(=O)N1CCNC(C)C1. The lowest BCUT2D eigenvalue weighted by atomic mass is 10.2. The fraction of sp³-hybridized carbons (Fsp3) is 0.625. The molecule has 1 fully saturated rings. The zero-order chi connectivity index (χ0) is 9.14. The Kier molecular flexibility index (Phi) is 2.70. The summed E-state index contributed by atoms with van der Waals surface area (Å²) in [5.41, 5.74) is 5.43. The van der Waals surface area contributed by atoms with Gasteiger partial charge >= 0.3 is 0 Å². The molecular weight excluding hydrogens is 154 g/mol. The molecule has 0 radical (unpaired) electrons. The van der Waals surface area contributed by atoms with Gasteiger partial charge in [-0.15, -0.1) is 0 Å². The Morgan fingerprint density at radius 3 is 2.92 bits per heavy atom. The van der Waals surface area contributed by atoms with Crippen LogP contribution in [-0.4, -0.2) is 36.5 Å². The van der Waals surface area contributed by atoms with Crippen LogP contribution < -0.4 is 11.1 Å². The average Bonchev–Trinajstić information content (AvgIpc) is 2.03. The highest BCUT2D eigenvalue weighted by Crippen LogP contribution is 2.00. The van der Waals surface area contributed by atoms with Crippen LogP contribution in [0.4, 0.5) is 0 Å². The maximum Gasteiger partial charge on any atom is 0.269 e. The summed E-state index contributed by atoms with van der Waals surface area (Å²) in [6.45, 7) is 7.73. The van der Waals surface area contributed by atoms with Crippen LogP contribution in [-0.2, 0) is 4.79 Å². The minimum absolute atomic E-state index is 0.129. The third kappa shape index (κ3) is 1.98. The van der Waals surface area contributed by atoms with Crippen molar-refractivity contribution in [3.63, 3.8) is 0 Å². The second-order valence-electron chi connectivity index (χ2n) is 3.13. The Morgan fingerprint density at radius 1 is 1.75 bits per heavy atom. The average molecular weight is 169 g/mol. The number of carbonyl (C=O) groups excluding carboxylic acids is 1. The van der Waals surface area contributed by atoms with E-state index in [0.29, 0.717) is 6.04 Å². The van der Waals surface area contributed by atoms with Gasteiger partial charge in [-0.3, -0.25) is 4.79 Å². The number of nitrogens with one attached hydrogen (secondary N) is 1. The molecule has 1 amide bonds. The fourth-order valence-electron chi connectivity index (χ4n) is 1.32. The molecule has 1 rings (SSSR count). The lowest BCUT2D eigenvalue weighted by Crippen LogP contribution is -2.52. The summed E-state index contributed by atoms with van der Waals surface area (Å²) in [5, 5.41) is 3.24. The molecule has 0 aromatic heterocycles. The first-order valence-corrected chi connectivity index (χ1v) is 4.08. The van der Waals surface area contributed by atoms with Gasteiger partial charge in [-0.2, -0.15) is 0 Å². The number of nitrogens with zero attached hydrogens (tertiary/aromatic N) is 1. The van der Waals surface area contributed by atoms with Gasteiger partial charge in [0.25, 0.3) is 5.91 Å². The van der Waals surface area contributed by atoms with Crippen molar-refractivity contribution in [3.05, 3.63) is 12.3 Å². The minimum Gasteiger partial charge on any atom is -0.395 e. The van der Waals surface area contributed by atoms with Gasteiger partial charge in [-0.1, -0.05) is 6.58 Å². The molecule has 0 bridgehead atoms. The van der Waals surface area contributed by atoms with E-state index in [1.807, 2.05) is 6.92 Å². The van der Waals surface area contributed by atoms with Crippen LogP contribution in [0.25, 0.3) is 0 Å². The Morgan fingerprint density at radius 2 is 2.42 bits per heavy atom. The first kappa shape index (κ1) is 9.06. The number of nitrogens with two attached hydrogens (primary N) is 1. The van der Waals surface area contributed by atoms with E-state index in [2.05, 4.69) is 11.9 Å². The van der Waals surface area contributed by atoms with Crippen LogP contribution in [0, 0.1) is 0 Å². The van der Waals surface area contributed by atoms with Crippen molar-refractivity contribution in [1.82, 2.24) is 10.2 Å². The first-order chi connectivity index (χ1) is 5.61. The zero-order valence-corrected chi connectivity index (χ0v) is 7.34. The van der Waals surface area contributed by atoms with Crippen molar-refractivity contribution < 1.29 is 4.79 Å². The summed E-state index contributed by atoms with van der Waals surface area (Å²) >= 11 is 0. The molecule has 1 aliphatic heterocycles. The van der Waals surface area contributed by atoms with E-state index in [-0.39, 0.29) is 11.6 Å². The third-order valence-corrected chi connectivity index (χ3v) is 1.93. The molecule has 0 saturated carbocycles. The third-order valence-electron chi connectivity index (χ3n) is 1.93. The molecule has 0 aromatic rings. The van der Waals surface area contributed by atoms with Crippen LogP contribution in [0.1, 0.15) is 6.92 Å². The first-order valence-electron chi connectivity index (χ1n) is 4.08. The van der Waals surface area contributed by atoms with Gasteiger partial charge in [-0.05, 0) is 6.92 Å². The Hall–Kier alpha value is -1.03. The van der Waals surface area contributed by atoms with Crippen molar-refractivity contribution in [3.8, 4) is 0 Å². The predicted molar refractivity (Wildman–Crippen MR) is 47.4 cm³/mol. The van der Waals surface area contributed by atoms with Crippen LogP contribution in [0.15, 0.2) is 12.3 Å². The van der Waals surface area contributed by atoms with Crippen LogP contribution in [0.2, 0.25) is 0 Å². The Bertz CT molecular complexity index is 202. The molecule has 4 heteroatoms. The molecule has 0 aromatic carbocycles. The smallest absolute Gasteiger partial charge is 0.269 e. The van der Waals surface area contributed by atoms with E-state index in [1.165, 1.54) is 0 Å². The molecule has 12 heavy (non-hydrogen) atoms. The van der Waals surface area contributed by atoms with Crippen LogP contribution in [0.3, 0.4) is 0 Å². The second-order valence-corrected chi connectivity index (χ2v) is 3.13. The molecule has 1 aliphatic rings. The number of amides is 1. The van der Waals surface area contributed by atoms with Gasteiger partial charge in [0, 0.05) is 25.7 Å². The summed E-state index contributed by atoms with van der Waals surface area (Å²) in [7, 11) is 0. The van der Waals surface area contributed by atoms with E-state index in [4.69, 9.17) is 5.73 Å². The number of hydrogen-bond acceptors (Lipinski definition) is 3. The summed E-state index contributed by atoms with van der Waals surface area (Å²) < 4.78 is 0. The van der Waals surface area contributed by atoms with Gasteiger partial charge in [-0.25, -0.2) is 0 Å². The molecular formula is C8H15N3O. The molecule has 1 saturated heterocycles. The molecule has 4 nitrogen and oxygen atoms in total. The maximum absolute atomic E-state index is 11.3. The fourth-order valence-corrected chi connectivity index (χ4v) is 1.32. The minimum atomic E-state index is -0.136. The Labute approximate surface area is 72.4 Å². The lowest BCUT2D eigenvalue weighted by Gasteiger charge is -2.31. The van der Waals surface area contributed by atoms with E-state index in [9.17, 15) is 4.79 Å². The van der Waals surface area contributed by atoms with Gasteiger partial charge in [0.05, 0.1) is 5.70 Å². The van der Waals surface area contributed by atoms with Crippen molar-refractivity contribution in [2.75, 3.05) is 19.6 Å². The molecule has 1 atom stereocenters. The van der Waals surface area contributed by atoms with E-state index in [0.717, 1.165) is 19.6 Å². The predicted octanol–water partition coefficient (Wildman–Crippen LogP) is -0.721. The highest BCUT2D eigenvalue weighted by molar-refractivity contribution is 5.91. The summed E-state index contributed by atoms with van der Waals surface area (Å²) in [4.78, 5) is 13.0. The molecule has 1 heterocycles. The topological polar surface area (TPSA) is 58.4 Å². The molecule has 3 N–H and O–H groups in total. The maximum atomic E-state index is 11.3. The lowest BCUT2D eigenvalue weighted by molar-refractivity contribution is -0.128. The van der Waals surface area contributed by atoms with Gasteiger partial charge < -0.3 is 16.0 Å². The molecule has 0 spiro atoms. The molecule has 68 valence electrons. The number of hydrogen-bond donors (Lipinski definition) is 2. The Balaban J connectivity index is 2.51. The van der Waals surface area contributed by atoms with E-state index >= 15 is 0 Å². The van der Waals surface area contributed by atoms with E-state index < -0.39 is 0 Å². The van der Waals surface area contributed by atoms with Crippen molar-refractivity contribution >= 4 is 5.91 Å². The number of carbonyl (C=O) groups is 1.